The van der Waals surface area contributed by atoms with E-state index in [-0.39, 0.29) is 0 Å². The minimum Gasteiger partial charge on any atom is -0.548 e. The number of carbonyl (C=O) groups excluding carboxylic acids is 2. The molecule has 2 aromatic rings. The second-order valence-corrected chi connectivity index (χ2v) is 5.81. The van der Waals surface area contributed by atoms with Crippen molar-refractivity contribution in [3.8, 4) is 5.75 Å². The standard InChI is InChI=1S/C18H21NO6/c1-4-5-12-8-16(20)25-15-9-13(6-7-14(12)15)24-11(3)17(21)19-10(2)18(22)23/h6-11H,4-5H2,1-3H3,(H,19,21)(H,22,23)/p-1/t10-,11+/m0/s1. The predicted octanol–water partition coefficient (Wildman–Crippen LogP) is 0.767. The van der Waals surface area contributed by atoms with Gasteiger partial charge in [-0.3, -0.25) is 4.79 Å². The fourth-order valence-electron chi connectivity index (χ4n) is 2.41. The van der Waals surface area contributed by atoms with Crippen molar-refractivity contribution in [2.75, 3.05) is 0 Å². The minimum absolute atomic E-state index is 0.341. The average molecular weight is 346 g/mol. The Kier molecular flexibility index (Phi) is 5.80. The molecule has 0 fully saturated rings. The average Bonchev–Trinajstić information content (AvgIpc) is 2.54. The Bertz CT molecular complexity index is 841. The van der Waals surface area contributed by atoms with Crippen LogP contribution in [0.2, 0.25) is 0 Å². The second-order valence-electron chi connectivity index (χ2n) is 5.81. The van der Waals surface area contributed by atoms with Crippen LogP contribution in [-0.4, -0.2) is 24.0 Å². The van der Waals surface area contributed by atoms with Crippen LogP contribution in [-0.2, 0) is 16.0 Å². The predicted molar refractivity (Wildman–Crippen MR) is 89.2 cm³/mol. The minimum atomic E-state index is -1.38. The van der Waals surface area contributed by atoms with Gasteiger partial charge in [0.25, 0.3) is 5.91 Å². The van der Waals surface area contributed by atoms with Crippen molar-refractivity contribution < 1.29 is 23.8 Å². The highest BCUT2D eigenvalue weighted by atomic mass is 16.5. The van der Waals surface area contributed by atoms with Gasteiger partial charge in [0.05, 0.1) is 12.0 Å². The molecule has 0 radical (unpaired) electrons. The van der Waals surface area contributed by atoms with Gasteiger partial charge in [-0.15, -0.1) is 0 Å². The Morgan fingerprint density at radius 2 is 2.00 bits per heavy atom. The highest BCUT2D eigenvalue weighted by Crippen LogP contribution is 2.24. The number of carboxylic acid groups (broad SMARTS) is 1. The fourth-order valence-corrected chi connectivity index (χ4v) is 2.41. The summed E-state index contributed by atoms with van der Waals surface area (Å²) in [6.07, 6.45) is 0.720. The molecule has 0 unspecified atom stereocenters. The topological polar surface area (TPSA) is 109 Å². The molecule has 7 heteroatoms. The molecule has 25 heavy (non-hydrogen) atoms. The number of hydrogen-bond acceptors (Lipinski definition) is 6. The van der Waals surface area contributed by atoms with E-state index in [0.717, 1.165) is 23.8 Å². The van der Waals surface area contributed by atoms with Gasteiger partial charge in [-0.1, -0.05) is 13.3 Å². The largest absolute Gasteiger partial charge is 0.548 e. The molecular formula is C18H20NO6-. The maximum Gasteiger partial charge on any atom is 0.336 e. The maximum absolute atomic E-state index is 11.9. The van der Waals surface area contributed by atoms with E-state index >= 15 is 0 Å². The molecule has 134 valence electrons. The number of amides is 1. The molecule has 1 aromatic carbocycles. The number of rotatable bonds is 7. The van der Waals surface area contributed by atoms with Crippen LogP contribution in [0.25, 0.3) is 11.0 Å². The van der Waals surface area contributed by atoms with E-state index in [0.29, 0.717) is 11.3 Å². The monoisotopic (exact) mass is 346 g/mol. The van der Waals surface area contributed by atoms with Crippen LogP contribution in [0.5, 0.6) is 5.75 Å². The molecule has 7 nitrogen and oxygen atoms in total. The number of nitrogens with one attached hydrogen (secondary N) is 1. The molecule has 0 aliphatic carbocycles. The summed E-state index contributed by atoms with van der Waals surface area (Å²) in [4.78, 5) is 34.3. The van der Waals surface area contributed by atoms with E-state index in [1.165, 1.54) is 19.9 Å². The molecule has 1 aromatic heterocycles. The zero-order chi connectivity index (χ0) is 18.6. The third-order valence-electron chi connectivity index (χ3n) is 3.72. The lowest BCUT2D eigenvalue weighted by atomic mass is 10.1. The van der Waals surface area contributed by atoms with Crippen molar-refractivity contribution in [2.45, 2.75) is 45.8 Å². The number of fused-ring (bicyclic) bond motifs is 1. The van der Waals surface area contributed by atoms with E-state index in [1.807, 2.05) is 6.92 Å². The molecule has 0 saturated heterocycles. The first kappa shape index (κ1) is 18.5. The highest BCUT2D eigenvalue weighted by molar-refractivity contribution is 5.86. The molecule has 2 rings (SSSR count). The van der Waals surface area contributed by atoms with Gasteiger partial charge in [-0.2, -0.15) is 0 Å². The molecule has 0 spiro atoms. The SMILES string of the molecule is CCCc1cc(=O)oc2cc(O[C@H](C)C(=O)N[C@@H](C)C(=O)[O-])ccc12. The van der Waals surface area contributed by atoms with Crippen LogP contribution in [0, 0.1) is 0 Å². The third kappa shape index (κ3) is 4.59. The lowest BCUT2D eigenvalue weighted by Gasteiger charge is -2.19. The number of aliphatic carboxylic acids is 1. The molecule has 1 amide bonds. The van der Waals surface area contributed by atoms with Crippen LogP contribution in [0.4, 0.5) is 0 Å². The van der Waals surface area contributed by atoms with E-state index in [2.05, 4.69) is 5.32 Å². The summed E-state index contributed by atoms with van der Waals surface area (Å²) in [7, 11) is 0. The Hall–Kier alpha value is -2.83. The molecule has 0 bridgehead atoms. The van der Waals surface area contributed by atoms with Crippen molar-refractivity contribution in [3.63, 3.8) is 0 Å². The lowest BCUT2D eigenvalue weighted by molar-refractivity contribution is -0.307. The number of aryl methyl sites for hydroxylation is 1. The summed E-state index contributed by atoms with van der Waals surface area (Å²) in [5.74, 6) is -1.62. The van der Waals surface area contributed by atoms with Crippen LogP contribution in [0.15, 0.2) is 33.5 Å². The molecule has 2 atom stereocenters. The van der Waals surface area contributed by atoms with E-state index in [1.54, 1.807) is 18.2 Å². The lowest BCUT2D eigenvalue weighted by Crippen LogP contribution is -2.49. The number of benzene rings is 1. The van der Waals surface area contributed by atoms with E-state index < -0.39 is 29.6 Å². The van der Waals surface area contributed by atoms with Gasteiger partial charge in [-0.25, -0.2) is 4.79 Å². The van der Waals surface area contributed by atoms with E-state index in [4.69, 9.17) is 9.15 Å². The molecule has 0 aliphatic heterocycles. The molecule has 0 saturated carbocycles. The summed E-state index contributed by atoms with van der Waals surface area (Å²) in [6.45, 7) is 4.82. The zero-order valence-corrected chi connectivity index (χ0v) is 14.3. The highest BCUT2D eigenvalue weighted by Gasteiger charge is 2.18. The van der Waals surface area contributed by atoms with Crippen molar-refractivity contribution in [2.24, 2.45) is 0 Å². The molecular weight excluding hydrogens is 326 g/mol. The van der Waals surface area contributed by atoms with Crippen LogP contribution < -0.4 is 20.8 Å². The van der Waals surface area contributed by atoms with Crippen LogP contribution >= 0.6 is 0 Å². The number of carbonyl (C=O) groups is 2. The first-order valence-electron chi connectivity index (χ1n) is 8.06. The van der Waals surface area contributed by atoms with Gasteiger partial charge in [0.1, 0.15) is 11.3 Å². The Balaban J connectivity index is 2.20. The van der Waals surface area contributed by atoms with Crippen LogP contribution in [0.3, 0.4) is 0 Å². The molecule has 0 aliphatic rings. The van der Waals surface area contributed by atoms with Crippen LogP contribution in [0.1, 0.15) is 32.8 Å². The first-order valence-corrected chi connectivity index (χ1v) is 8.06. The Morgan fingerprint density at radius 3 is 2.64 bits per heavy atom. The van der Waals surface area contributed by atoms with Crippen molar-refractivity contribution >= 4 is 22.8 Å². The summed E-state index contributed by atoms with van der Waals surface area (Å²) in [6, 6.07) is 5.34. The zero-order valence-electron chi connectivity index (χ0n) is 14.3. The summed E-state index contributed by atoms with van der Waals surface area (Å²) in [5, 5.41) is 13.8. The van der Waals surface area contributed by atoms with E-state index in [9.17, 15) is 19.5 Å². The summed E-state index contributed by atoms with van der Waals surface area (Å²) < 4.78 is 10.7. The smallest absolute Gasteiger partial charge is 0.336 e. The van der Waals surface area contributed by atoms with Crippen molar-refractivity contribution in [1.29, 1.82) is 0 Å². The van der Waals surface area contributed by atoms with Gasteiger partial charge in [0.2, 0.25) is 0 Å². The number of hydrogen-bond donors (Lipinski definition) is 1. The number of ether oxygens (including phenoxy) is 1. The van der Waals surface area contributed by atoms with Gasteiger partial charge in [0, 0.05) is 17.5 Å². The van der Waals surface area contributed by atoms with Crippen molar-refractivity contribution in [1.82, 2.24) is 5.32 Å². The second kappa shape index (κ2) is 7.83. The van der Waals surface area contributed by atoms with Gasteiger partial charge in [0.15, 0.2) is 6.10 Å². The first-order chi connectivity index (χ1) is 11.8. The van der Waals surface area contributed by atoms with Crippen molar-refractivity contribution in [3.05, 3.63) is 40.2 Å². The quantitative estimate of drug-likeness (QED) is 0.742. The van der Waals surface area contributed by atoms with Gasteiger partial charge in [-0.05, 0) is 38.0 Å². The third-order valence-corrected chi connectivity index (χ3v) is 3.72. The Morgan fingerprint density at radius 1 is 1.28 bits per heavy atom. The summed E-state index contributed by atoms with van der Waals surface area (Å²) >= 11 is 0. The Labute approximate surface area is 144 Å². The maximum atomic E-state index is 11.9. The number of carboxylic acids is 1. The van der Waals surface area contributed by atoms with Gasteiger partial charge < -0.3 is 24.4 Å². The fraction of sp³-hybridized carbons (Fsp3) is 0.389. The summed E-state index contributed by atoms with van der Waals surface area (Å²) in [5.41, 5.74) is 0.833. The molecule has 1 N–H and O–H groups in total. The molecule has 1 heterocycles. The van der Waals surface area contributed by atoms with Gasteiger partial charge >= 0.3 is 5.63 Å². The normalized spacial score (nSPS) is 13.2.